The minimum absolute atomic E-state index is 0.0480. The number of hydrogen-bond donors (Lipinski definition) is 1. The number of benzene rings is 1. The van der Waals surface area contributed by atoms with Gasteiger partial charge in [0.05, 0.1) is 22.2 Å². The standard InChI is InChI=1S/C22H26F3N3O4S/c1-13-19(16(4)29)14(2)26-20(13)21(30)15(3)27-9-11-28(12-10-27)33(31,32)18-8-6-5-7-17(18)22(23,24)25/h5-8,15,26H,9-12H2,1-4H3. The van der Waals surface area contributed by atoms with E-state index in [1.807, 2.05) is 0 Å². The maximum absolute atomic E-state index is 13.3. The number of aromatic amines is 1. The summed E-state index contributed by atoms with van der Waals surface area (Å²) in [4.78, 5) is 28.9. The number of sulfonamides is 1. The van der Waals surface area contributed by atoms with Gasteiger partial charge in [0.1, 0.15) is 0 Å². The summed E-state index contributed by atoms with van der Waals surface area (Å²) in [6, 6.07) is 3.51. The van der Waals surface area contributed by atoms with Crippen LogP contribution in [0.3, 0.4) is 0 Å². The quantitative estimate of drug-likeness (QED) is 0.633. The van der Waals surface area contributed by atoms with Gasteiger partial charge in [0, 0.05) is 37.4 Å². The van der Waals surface area contributed by atoms with Crippen molar-refractivity contribution in [1.82, 2.24) is 14.2 Å². The maximum atomic E-state index is 13.3. The first-order chi connectivity index (χ1) is 15.3. The molecule has 1 aromatic heterocycles. The smallest absolute Gasteiger partial charge is 0.355 e. The fourth-order valence-corrected chi connectivity index (χ4v) is 5.93. The fourth-order valence-electron chi connectivity index (χ4n) is 4.30. The van der Waals surface area contributed by atoms with Gasteiger partial charge in [-0.3, -0.25) is 14.5 Å². The molecule has 1 N–H and O–H groups in total. The number of ketones is 2. The number of hydrogen-bond acceptors (Lipinski definition) is 5. The third-order valence-corrected chi connectivity index (χ3v) is 8.00. The number of carbonyl (C=O) groups is 2. The van der Waals surface area contributed by atoms with Crippen molar-refractivity contribution >= 4 is 21.6 Å². The maximum Gasteiger partial charge on any atom is 0.417 e. The Bertz CT molecular complexity index is 1180. The molecule has 1 unspecified atom stereocenters. The molecule has 180 valence electrons. The number of nitrogens with one attached hydrogen (secondary N) is 1. The number of alkyl halides is 3. The van der Waals surface area contributed by atoms with Crippen LogP contribution in [0.1, 0.15) is 51.5 Å². The first kappa shape index (κ1) is 25.1. The molecule has 1 aliphatic heterocycles. The molecule has 2 heterocycles. The van der Waals surface area contributed by atoms with Gasteiger partial charge < -0.3 is 4.98 Å². The number of rotatable bonds is 6. The van der Waals surface area contributed by atoms with Crippen LogP contribution in [-0.2, 0) is 16.2 Å². The van der Waals surface area contributed by atoms with E-state index in [-0.39, 0.29) is 37.7 Å². The van der Waals surface area contributed by atoms with Gasteiger partial charge in [0.25, 0.3) is 0 Å². The predicted molar refractivity (Wildman–Crippen MR) is 116 cm³/mol. The summed E-state index contributed by atoms with van der Waals surface area (Å²) < 4.78 is 66.9. The van der Waals surface area contributed by atoms with E-state index in [1.165, 1.54) is 13.0 Å². The van der Waals surface area contributed by atoms with Crippen LogP contribution in [0.5, 0.6) is 0 Å². The fraction of sp³-hybridized carbons (Fsp3) is 0.455. The lowest BCUT2D eigenvalue weighted by Gasteiger charge is -2.37. The summed E-state index contributed by atoms with van der Waals surface area (Å²) in [6.45, 7) is 6.79. The topological polar surface area (TPSA) is 90.6 Å². The largest absolute Gasteiger partial charge is 0.417 e. The molecule has 0 saturated carbocycles. The van der Waals surface area contributed by atoms with E-state index in [0.717, 1.165) is 22.5 Å². The van der Waals surface area contributed by atoms with Crippen LogP contribution in [0.4, 0.5) is 13.2 Å². The van der Waals surface area contributed by atoms with Crippen LogP contribution in [-0.4, -0.2) is 66.4 Å². The molecule has 1 saturated heterocycles. The number of aryl methyl sites for hydroxylation is 1. The van der Waals surface area contributed by atoms with Crippen molar-refractivity contribution in [3.05, 3.63) is 52.3 Å². The van der Waals surface area contributed by atoms with E-state index in [4.69, 9.17) is 0 Å². The summed E-state index contributed by atoms with van der Waals surface area (Å²) in [5, 5.41) is 0. The molecule has 3 rings (SSSR count). The SMILES string of the molecule is CC(=O)c1c(C)[nH]c(C(=O)C(C)N2CCN(S(=O)(=O)c3ccccc3C(F)(F)F)CC2)c1C. The van der Waals surface area contributed by atoms with Gasteiger partial charge in [0.2, 0.25) is 10.0 Å². The second kappa shape index (κ2) is 9.03. The molecule has 1 aliphatic rings. The zero-order valence-corrected chi connectivity index (χ0v) is 19.6. The van der Waals surface area contributed by atoms with E-state index >= 15 is 0 Å². The van der Waals surface area contributed by atoms with Crippen LogP contribution < -0.4 is 0 Å². The van der Waals surface area contributed by atoms with Crippen LogP contribution in [0, 0.1) is 13.8 Å². The molecule has 1 fully saturated rings. The van der Waals surface area contributed by atoms with Crippen molar-refractivity contribution in [3.8, 4) is 0 Å². The Balaban J connectivity index is 1.76. The minimum atomic E-state index is -4.79. The molecule has 1 aromatic carbocycles. The van der Waals surface area contributed by atoms with Crippen molar-refractivity contribution in [2.75, 3.05) is 26.2 Å². The van der Waals surface area contributed by atoms with E-state index in [0.29, 0.717) is 22.5 Å². The molecule has 11 heteroatoms. The van der Waals surface area contributed by atoms with Gasteiger partial charge >= 0.3 is 6.18 Å². The number of H-pyrrole nitrogens is 1. The van der Waals surface area contributed by atoms with Gasteiger partial charge in [-0.15, -0.1) is 0 Å². The van der Waals surface area contributed by atoms with Crippen molar-refractivity contribution in [1.29, 1.82) is 0 Å². The van der Waals surface area contributed by atoms with Crippen LogP contribution in [0.15, 0.2) is 29.2 Å². The van der Waals surface area contributed by atoms with Gasteiger partial charge in [-0.25, -0.2) is 8.42 Å². The summed E-state index contributed by atoms with van der Waals surface area (Å²) in [5.74, 6) is -0.382. The molecule has 33 heavy (non-hydrogen) atoms. The monoisotopic (exact) mass is 485 g/mol. The zero-order valence-electron chi connectivity index (χ0n) is 18.8. The lowest BCUT2D eigenvalue weighted by Crippen LogP contribution is -2.53. The molecule has 0 bridgehead atoms. The second-order valence-electron chi connectivity index (χ2n) is 8.16. The number of carbonyl (C=O) groups excluding carboxylic acids is 2. The third-order valence-electron chi connectivity index (χ3n) is 6.05. The summed E-state index contributed by atoms with van der Waals surface area (Å²) in [6.07, 6.45) is -4.79. The molecular formula is C22H26F3N3O4S. The van der Waals surface area contributed by atoms with Crippen LogP contribution >= 0.6 is 0 Å². The van der Waals surface area contributed by atoms with Gasteiger partial charge in [-0.05, 0) is 45.4 Å². The molecule has 0 radical (unpaired) electrons. The normalized spacial score (nSPS) is 17.2. The number of aromatic nitrogens is 1. The molecule has 2 aromatic rings. The molecule has 1 atom stereocenters. The van der Waals surface area contributed by atoms with E-state index in [9.17, 15) is 31.2 Å². The Morgan fingerprint density at radius 1 is 1.06 bits per heavy atom. The average molecular weight is 486 g/mol. The molecule has 0 spiro atoms. The Labute approximate surface area is 190 Å². The van der Waals surface area contributed by atoms with Crippen molar-refractivity contribution in [2.45, 2.75) is 44.8 Å². The Morgan fingerprint density at radius 2 is 1.64 bits per heavy atom. The summed E-state index contributed by atoms with van der Waals surface area (Å²) >= 11 is 0. The molecule has 0 amide bonds. The first-order valence-electron chi connectivity index (χ1n) is 10.4. The first-order valence-corrected chi connectivity index (χ1v) is 11.9. The molecule has 0 aliphatic carbocycles. The molecular weight excluding hydrogens is 459 g/mol. The third kappa shape index (κ3) is 4.75. The number of Topliss-reactive ketones (excluding diaryl/α,β-unsaturated/α-hetero) is 2. The summed E-state index contributed by atoms with van der Waals surface area (Å²) in [7, 11) is -4.36. The second-order valence-corrected chi connectivity index (χ2v) is 10.1. The number of nitrogens with zero attached hydrogens (tertiary/aromatic N) is 2. The van der Waals surface area contributed by atoms with E-state index < -0.39 is 32.7 Å². The van der Waals surface area contributed by atoms with Gasteiger partial charge in [-0.1, -0.05) is 12.1 Å². The highest BCUT2D eigenvalue weighted by Gasteiger charge is 2.40. The number of halogens is 3. The molecule has 7 nitrogen and oxygen atoms in total. The Kier molecular flexibility index (Phi) is 6.88. The number of piperazine rings is 1. The minimum Gasteiger partial charge on any atom is -0.355 e. The van der Waals surface area contributed by atoms with Gasteiger partial charge in [-0.2, -0.15) is 17.5 Å². The summed E-state index contributed by atoms with van der Waals surface area (Å²) in [5.41, 5.74) is 0.788. The lowest BCUT2D eigenvalue weighted by atomic mass is 10.0. The van der Waals surface area contributed by atoms with Crippen molar-refractivity contribution in [2.24, 2.45) is 0 Å². The van der Waals surface area contributed by atoms with Crippen molar-refractivity contribution in [3.63, 3.8) is 0 Å². The lowest BCUT2D eigenvalue weighted by molar-refractivity contribution is -0.139. The van der Waals surface area contributed by atoms with Gasteiger partial charge in [0.15, 0.2) is 11.6 Å². The van der Waals surface area contributed by atoms with E-state index in [2.05, 4.69) is 4.98 Å². The highest BCUT2D eigenvalue weighted by molar-refractivity contribution is 7.89. The average Bonchev–Trinajstić information content (AvgIpc) is 3.06. The highest BCUT2D eigenvalue weighted by Crippen LogP contribution is 2.35. The van der Waals surface area contributed by atoms with Crippen LogP contribution in [0.25, 0.3) is 0 Å². The van der Waals surface area contributed by atoms with Crippen molar-refractivity contribution < 1.29 is 31.2 Å². The van der Waals surface area contributed by atoms with Crippen LogP contribution in [0.2, 0.25) is 0 Å². The Morgan fingerprint density at radius 3 is 2.15 bits per heavy atom. The zero-order chi connectivity index (χ0) is 24.7. The predicted octanol–water partition coefficient (Wildman–Crippen LogP) is 3.43. The van der Waals surface area contributed by atoms with E-state index in [1.54, 1.807) is 25.7 Å². The highest BCUT2D eigenvalue weighted by atomic mass is 32.2. The Hall–Kier alpha value is -2.50.